The van der Waals surface area contributed by atoms with Crippen LogP contribution in [0.1, 0.15) is 26.2 Å². The van der Waals surface area contributed by atoms with Gasteiger partial charge in [-0.2, -0.15) is 0 Å². The van der Waals surface area contributed by atoms with E-state index in [2.05, 4.69) is 10.3 Å². The molecule has 0 radical (unpaired) electrons. The van der Waals surface area contributed by atoms with Crippen LogP contribution in [0.25, 0.3) is 38.1 Å². The Morgan fingerprint density at radius 1 is 1.07 bits per heavy atom. The van der Waals surface area contributed by atoms with E-state index < -0.39 is 6.10 Å². The molecule has 10 nitrogen and oxygen atoms in total. The smallest absolute Gasteiger partial charge is 0.267 e. The summed E-state index contributed by atoms with van der Waals surface area (Å²) in [5.74, 6) is 1.30. The van der Waals surface area contributed by atoms with Gasteiger partial charge in [0.15, 0.2) is 17.6 Å². The van der Waals surface area contributed by atoms with Crippen molar-refractivity contribution in [3.8, 4) is 17.2 Å². The lowest BCUT2D eigenvalue weighted by Gasteiger charge is -2.17. The van der Waals surface area contributed by atoms with E-state index in [1.165, 1.54) is 14.2 Å². The molecule has 1 aliphatic rings. The maximum atomic E-state index is 13.9. The predicted octanol–water partition coefficient (Wildman–Crippen LogP) is 3.51. The average molecular weight is 543 g/mol. The van der Waals surface area contributed by atoms with Crippen LogP contribution >= 0.6 is 0 Å². The first-order valence-electron chi connectivity index (χ1n) is 13.4. The van der Waals surface area contributed by atoms with Gasteiger partial charge in [-0.3, -0.25) is 23.8 Å². The number of nitrogens with zero attached hydrogens (tertiary/aromatic N) is 3. The molecule has 2 amide bonds. The van der Waals surface area contributed by atoms with Crippen LogP contribution in [-0.2, 0) is 9.59 Å². The van der Waals surface area contributed by atoms with Crippen LogP contribution in [0.4, 0.5) is 0 Å². The Balaban J connectivity index is 1.30. The fraction of sp³-hybridized carbons (Fsp3) is 0.333. The number of fused-ring (bicyclic) bond motifs is 5. The molecule has 0 bridgehead atoms. The van der Waals surface area contributed by atoms with Gasteiger partial charge in [-0.25, -0.2) is 0 Å². The van der Waals surface area contributed by atoms with Crippen LogP contribution < -0.4 is 25.1 Å². The molecule has 0 saturated carbocycles. The molecular formula is C30H30N4O6. The fourth-order valence-electron chi connectivity index (χ4n) is 5.70. The summed E-state index contributed by atoms with van der Waals surface area (Å²) in [6.45, 7) is 3.60. The van der Waals surface area contributed by atoms with Gasteiger partial charge in [-0.15, -0.1) is 0 Å². The number of likely N-dealkylation sites (tertiary alicyclic amines) is 1. The number of carbonyl (C=O) groups is 2. The molecule has 1 atom stereocenters. The van der Waals surface area contributed by atoms with Gasteiger partial charge in [0, 0.05) is 48.4 Å². The lowest BCUT2D eigenvalue weighted by Crippen LogP contribution is -2.38. The summed E-state index contributed by atoms with van der Waals surface area (Å²) < 4.78 is 18.7. The topological polar surface area (TPSA) is 111 Å². The standard InChI is InChI=1S/C30H30N4O6/c1-17(29(36)32-12-5-15-33-14-4-6-24(33)35)40-18-7-9-22-21(16-18)19-11-13-31-26-20-8-10-23(38-2)28(39-3)25(20)30(37)34(22)27(19)26/h7-11,13,16-17H,4-6,12,14-15H2,1-3H3,(H,32,36)/t17-/m0/s1. The zero-order chi connectivity index (χ0) is 28.0. The summed E-state index contributed by atoms with van der Waals surface area (Å²) in [6, 6.07) is 10.9. The minimum absolute atomic E-state index is 0.183. The normalized spacial score (nSPS) is 14.5. The highest BCUT2D eigenvalue weighted by molar-refractivity contribution is 6.19. The minimum atomic E-state index is -0.727. The number of ether oxygens (including phenoxy) is 3. The molecule has 1 N–H and O–H groups in total. The number of nitrogens with one attached hydrogen (secondary N) is 1. The van der Waals surface area contributed by atoms with Gasteiger partial charge in [0.1, 0.15) is 5.75 Å². The summed E-state index contributed by atoms with van der Waals surface area (Å²) in [6.07, 6.45) is 3.20. The molecule has 0 aliphatic carbocycles. The number of methoxy groups -OCH3 is 2. The van der Waals surface area contributed by atoms with E-state index in [0.29, 0.717) is 70.5 Å². The van der Waals surface area contributed by atoms with Gasteiger partial charge in [-0.05, 0) is 56.2 Å². The molecule has 0 unspecified atom stereocenters. The summed E-state index contributed by atoms with van der Waals surface area (Å²) in [4.78, 5) is 44.8. The van der Waals surface area contributed by atoms with Gasteiger partial charge in [0.2, 0.25) is 5.91 Å². The third-order valence-corrected chi connectivity index (χ3v) is 7.62. The third-order valence-electron chi connectivity index (χ3n) is 7.62. The molecule has 10 heteroatoms. The number of hydrogen-bond acceptors (Lipinski definition) is 7. The van der Waals surface area contributed by atoms with Crippen molar-refractivity contribution < 1.29 is 23.8 Å². The summed E-state index contributed by atoms with van der Waals surface area (Å²) in [5, 5.41) is 5.63. The molecule has 6 rings (SSSR count). The zero-order valence-electron chi connectivity index (χ0n) is 22.7. The van der Waals surface area contributed by atoms with Crippen LogP contribution in [-0.4, -0.2) is 66.1 Å². The molecule has 0 spiro atoms. The number of benzene rings is 2. The zero-order valence-corrected chi connectivity index (χ0v) is 22.7. The molecule has 1 fully saturated rings. The number of carbonyl (C=O) groups excluding carboxylic acids is 2. The average Bonchev–Trinajstić information content (AvgIpc) is 3.53. The van der Waals surface area contributed by atoms with E-state index in [1.54, 1.807) is 29.7 Å². The second-order valence-corrected chi connectivity index (χ2v) is 9.99. The summed E-state index contributed by atoms with van der Waals surface area (Å²) in [7, 11) is 3.05. The Morgan fingerprint density at radius 3 is 2.67 bits per heavy atom. The highest BCUT2D eigenvalue weighted by atomic mass is 16.5. The van der Waals surface area contributed by atoms with Crippen LogP contribution in [0.2, 0.25) is 0 Å². The predicted molar refractivity (Wildman–Crippen MR) is 152 cm³/mol. The Morgan fingerprint density at radius 2 is 1.93 bits per heavy atom. The van der Waals surface area contributed by atoms with Crippen molar-refractivity contribution in [3.63, 3.8) is 0 Å². The number of rotatable bonds is 9. The second-order valence-electron chi connectivity index (χ2n) is 9.99. The maximum Gasteiger partial charge on any atom is 0.267 e. The highest BCUT2D eigenvalue weighted by Gasteiger charge is 2.23. The van der Waals surface area contributed by atoms with E-state index in [0.717, 1.165) is 23.7 Å². The summed E-state index contributed by atoms with van der Waals surface area (Å²) >= 11 is 0. The fourth-order valence-corrected chi connectivity index (χ4v) is 5.70. The first kappa shape index (κ1) is 25.7. The molecule has 4 heterocycles. The third kappa shape index (κ3) is 4.11. The van der Waals surface area contributed by atoms with Crippen LogP contribution in [0.15, 0.2) is 47.4 Å². The van der Waals surface area contributed by atoms with Crippen molar-refractivity contribution in [1.29, 1.82) is 0 Å². The first-order valence-corrected chi connectivity index (χ1v) is 13.4. The van der Waals surface area contributed by atoms with Gasteiger partial charge in [0.05, 0.1) is 36.2 Å². The number of amides is 2. The van der Waals surface area contributed by atoms with Gasteiger partial charge < -0.3 is 24.4 Å². The quantitative estimate of drug-likeness (QED) is 0.224. The molecule has 40 heavy (non-hydrogen) atoms. The molecule has 5 aromatic rings. The minimum Gasteiger partial charge on any atom is -0.493 e. The van der Waals surface area contributed by atoms with Crippen molar-refractivity contribution in [3.05, 3.63) is 52.9 Å². The van der Waals surface area contributed by atoms with Crippen LogP contribution in [0.3, 0.4) is 0 Å². The monoisotopic (exact) mass is 542 g/mol. The molecule has 3 aromatic heterocycles. The van der Waals surface area contributed by atoms with Crippen molar-refractivity contribution in [1.82, 2.24) is 19.6 Å². The van der Waals surface area contributed by atoms with Gasteiger partial charge in [-0.1, -0.05) is 0 Å². The molecule has 2 aromatic carbocycles. The van der Waals surface area contributed by atoms with Crippen molar-refractivity contribution in [2.24, 2.45) is 0 Å². The maximum absolute atomic E-state index is 13.9. The summed E-state index contributed by atoms with van der Waals surface area (Å²) in [5.41, 5.74) is 1.85. The SMILES string of the molecule is COc1ccc2c(c1OC)c(=O)n1c3ccc(O[C@@H](C)C(=O)NCCCN4CCCC4=O)cc3c3ccnc2c31. The van der Waals surface area contributed by atoms with Crippen LogP contribution in [0.5, 0.6) is 17.2 Å². The number of aromatic nitrogens is 2. The molecule has 1 saturated heterocycles. The van der Waals surface area contributed by atoms with Gasteiger partial charge in [0.25, 0.3) is 11.5 Å². The Kier molecular flexibility index (Phi) is 6.53. The molecule has 206 valence electrons. The number of pyridine rings is 2. The van der Waals surface area contributed by atoms with Crippen molar-refractivity contribution in [2.45, 2.75) is 32.3 Å². The van der Waals surface area contributed by atoms with E-state index >= 15 is 0 Å². The van der Waals surface area contributed by atoms with E-state index in [4.69, 9.17) is 14.2 Å². The van der Waals surface area contributed by atoms with Crippen molar-refractivity contribution >= 4 is 49.9 Å². The van der Waals surface area contributed by atoms with E-state index in [9.17, 15) is 14.4 Å². The Labute approximate surface area is 229 Å². The lowest BCUT2D eigenvalue weighted by molar-refractivity contribution is -0.127. The molecule has 1 aliphatic heterocycles. The van der Waals surface area contributed by atoms with Gasteiger partial charge >= 0.3 is 0 Å². The largest absolute Gasteiger partial charge is 0.493 e. The highest BCUT2D eigenvalue weighted by Crippen LogP contribution is 2.39. The Hall–Kier alpha value is -4.60. The second kappa shape index (κ2) is 10.2. The number of hydrogen-bond donors (Lipinski definition) is 1. The van der Waals surface area contributed by atoms with Crippen LogP contribution in [0, 0.1) is 0 Å². The Bertz CT molecular complexity index is 1830. The lowest BCUT2D eigenvalue weighted by atomic mass is 10.1. The van der Waals surface area contributed by atoms with E-state index in [1.807, 2.05) is 29.2 Å². The molecular weight excluding hydrogens is 512 g/mol. The van der Waals surface area contributed by atoms with E-state index in [-0.39, 0.29) is 17.4 Å². The first-order chi connectivity index (χ1) is 19.4. The van der Waals surface area contributed by atoms with Crippen molar-refractivity contribution in [2.75, 3.05) is 33.9 Å².